The Morgan fingerprint density at radius 1 is 1.24 bits per heavy atom. The molecule has 1 aromatic heterocycles. The maximum Gasteiger partial charge on any atom is 0.242 e. The van der Waals surface area contributed by atoms with Crippen LogP contribution in [0.3, 0.4) is 0 Å². The fourth-order valence-corrected chi connectivity index (χ4v) is 3.19. The van der Waals surface area contributed by atoms with Gasteiger partial charge in [0.15, 0.2) is 0 Å². The molecule has 2 aromatic rings. The van der Waals surface area contributed by atoms with Crippen LogP contribution < -0.4 is 10.5 Å². The van der Waals surface area contributed by atoms with E-state index in [1.54, 1.807) is 12.3 Å². The Balaban J connectivity index is 2.14. The summed E-state index contributed by atoms with van der Waals surface area (Å²) in [4.78, 5) is 0.261. The number of nitrogens with two attached hydrogens (primary N) is 1. The summed E-state index contributed by atoms with van der Waals surface area (Å²) in [7, 11) is -3.52. The van der Waals surface area contributed by atoms with Gasteiger partial charge in [0.1, 0.15) is 0 Å². The van der Waals surface area contributed by atoms with E-state index in [-0.39, 0.29) is 11.4 Å². The molecule has 0 saturated heterocycles. The first kappa shape index (κ1) is 15.8. The number of hydrogen-bond acceptors (Lipinski definition) is 3. The molecule has 3 N–H and O–H groups in total. The number of sulfonamides is 1. The van der Waals surface area contributed by atoms with E-state index in [1.807, 2.05) is 42.7 Å². The van der Waals surface area contributed by atoms with Crippen molar-refractivity contribution in [2.24, 2.45) is 5.73 Å². The Labute approximate surface area is 125 Å². The molecule has 114 valence electrons. The van der Waals surface area contributed by atoms with E-state index in [4.69, 9.17) is 5.73 Å². The fourth-order valence-electron chi connectivity index (χ4n) is 2.11. The van der Waals surface area contributed by atoms with Gasteiger partial charge < -0.3 is 10.3 Å². The predicted molar refractivity (Wildman–Crippen MR) is 83.2 cm³/mol. The number of benzene rings is 1. The summed E-state index contributed by atoms with van der Waals surface area (Å²) >= 11 is 0. The summed E-state index contributed by atoms with van der Waals surface area (Å²) in [5, 5.41) is 0. The summed E-state index contributed by atoms with van der Waals surface area (Å²) in [5.74, 6) is 0. The van der Waals surface area contributed by atoms with E-state index in [2.05, 4.69) is 4.72 Å². The third-order valence-electron chi connectivity index (χ3n) is 3.41. The minimum atomic E-state index is -3.52. The predicted octanol–water partition coefficient (Wildman–Crippen LogP) is 1.75. The van der Waals surface area contributed by atoms with Crippen LogP contribution in [0.15, 0.2) is 41.4 Å². The van der Waals surface area contributed by atoms with Gasteiger partial charge in [0, 0.05) is 31.5 Å². The van der Waals surface area contributed by atoms with Gasteiger partial charge in [-0.2, -0.15) is 0 Å². The van der Waals surface area contributed by atoms with Gasteiger partial charge in [0.2, 0.25) is 10.0 Å². The largest absolute Gasteiger partial charge is 0.349 e. The van der Waals surface area contributed by atoms with Gasteiger partial charge in [0.05, 0.1) is 4.90 Å². The molecule has 0 spiro atoms. The molecule has 0 aliphatic carbocycles. The molecule has 0 fully saturated rings. The molecule has 0 aliphatic rings. The molecule has 21 heavy (non-hydrogen) atoms. The molecule has 1 aromatic carbocycles. The summed E-state index contributed by atoms with van der Waals surface area (Å²) < 4.78 is 29.1. The second kappa shape index (κ2) is 6.43. The van der Waals surface area contributed by atoms with E-state index >= 15 is 0 Å². The van der Waals surface area contributed by atoms with Crippen LogP contribution in [0.5, 0.6) is 0 Å². The van der Waals surface area contributed by atoms with Crippen molar-refractivity contribution >= 4 is 10.0 Å². The molecule has 0 atom stereocenters. The summed E-state index contributed by atoms with van der Waals surface area (Å²) in [5.41, 5.74) is 8.52. The van der Waals surface area contributed by atoms with E-state index in [9.17, 15) is 8.42 Å². The SMILES string of the molecule is CCn1cc(S(=O)(=O)NCc2ccc(C)cc2)cc1CN. The highest BCUT2D eigenvalue weighted by molar-refractivity contribution is 7.89. The first-order valence-electron chi connectivity index (χ1n) is 6.90. The third kappa shape index (κ3) is 3.72. The van der Waals surface area contributed by atoms with Gasteiger partial charge in [-0.05, 0) is 25.5 Å². The lowest BCUT2D eigenvalue weighted by Crippen LogP contribution is -2.22. The van der Waals surface area contributed by atoms with E-state index in [0.29, 0.717) is 13.1 Å². The maximum atomic E-state index is 12.3. The number of aryl methyl sites for hydroxylation is 2. The van der Waals surface area contributed by atoms with Crippen molar-refractivity contribution in [3.8, 4) is 0 Å². The van der Waals surface area contributed by atoms with Crippen LogP contribution in [-0.2, 0) is 29.7 Å². The van der Waals surface area contributed by atoms with Gasteiger partial charge in [-0.1, -0.05) is 29.8 Å². The Bertz CT molecular complexity index is 682. The van der Waals surface area contributed by atoms with Gasteiger partial charge in [-0.3, -0.25) is 0 Å². The quantitative estimate of drug-likeness (QED) is 0.853. The molecule has 0 radical (unpaired) electrons. The second-order valence-electron chi connectivity index (χ2n) is 4.97. The monoisotopic (exact) mass is 307 g/mol. The molecule has 5 nitrogen and oxygen atoms in total. The molecule has 1 heterocycles. The number of aromatic nitrogens is 1. The zero-order chi connectivity index (χ0) is 15.5. The van der Waals surface area contributed by atoms with Gasteiger partial charge >= 0.3 is 0 Å². The lowest BCUT2D eigenvalue weighted by molar-refractivity contribution is 0.581. The first-order chi connectivity index (χ1) is 9.96. The number of nitrogens with one attached hydrogen (secondary N) is 1. The molecule has 6 heteroatoms. The Kier molecular flexibility index (Phi) is 4.82. The zero-order valence-electron chi connectivity index (χ0n) is 12.3. The van der Waals surface area contributed by atoms with E-state index < -0.39 is 10.0 Å². The van der Waals surface area contributed by atoms with Gasteiger partial charge in [0.25, 0.3) is 0 Å². The van der Waals surface area contributed by atoms with Crippen molar-refractivity contribution in [2.75, 3.05) is 0 Å². The highest BCUT2D eigenvalue weighted by Gasteiger charge is 2.17. The minimum Gasteiger partial charge on any atom is -0.349 e. The standard InChI is InChI=1S/C15H21N3O2S/c1-3-18-11-15(8-14(18)9-16)21(19,20)17-10-13-6-4-12(2)5-7-13/h4-8,11,17H,3,9-10,16H2,1-2H3. The van der Waals surface area contributed by atoms with Crippen LogP contribution in [0.2, 0.25) is 0 Å². The highest BCUT2D eigenvalue weighted by Crippen LogP contribution is 2.15. The summed E-state index contributed by atoms with van der Waals surface area (Å²) in [6.07, 6.45) is 1.62. The number of hydrogen-bond donors (Lipinski definition) is 2. The molecular formula is C15H21N3O2S. The zero-order valence-corrected chi connectivity index (χ0v) is 13.2. The number of nitrogens with zero attached hydrogens (tertiary/aromatic N) is 1. The van der Waals surface area contributed by atoms with Crippen molar-refractivity contribution < 1.29 is 8.42 Å². The molecule has 0 aliphatic heterocycles. The molecule has 0 unspecified atom stereocenters. The molecule has 2 rings (SSSR count). The van der Waals surface area contributed by atoms with Crippen molar-refractivity contribution in [3.63, 3.8) is 0 Å². The van der Waals surface area contributed by atoms with Crippen LogP contribution in [0, 0.1) is 6.92 Å². The van der Waals surface area contributed by atoms with Gasteiger partial charge in [-0.15, -0.1) is 0 Å². The summed E-state index contributed by atoms with van der Waals surface area (Å²) in [6, 6.07) is 9.38. The maximum absolute atomic E-state index is 12.3. The van der Waals surface area contributed by atoms with Crippen LogP contribution in [0.1, 0.15) is 23.7 Å². The fraction of sp³-hybridized carbons (Fsp3) is 0.333. The molecule has 0 bridgehead atoms. The molecular weight excluding hydrogens is 286 g/mol. The normalized spacial score (nSPS) is 11.8. The Hall–Kier alpha value is -1.63. The highest BCUT2D eigenvalue weighted by atomic mass is 32.2. The van der Waals surface area contributed by atoms with Crippen LogP contribution in [-0.4, -0.2) is 13.0 Å². The third-order valence-corrected chi connectivity index (χ3v) is 4.78. The van der Waals surface area contributed by atoms with Gasteiger partial charge in [-0.25, -0.2) is 13.1 Å². The van der Waals surface area contributed by atoms with Crippen LogP contribution >= 0.6 is 0 Å². The van der Waals surface area contributed by atoms with Crippen molar-refractivity contribution in [3.05, 3.63) is 53.3 Å². The average molecular weight is 307 g/mol. The Morgan fingerprint density at radius 2 is 1.90 bits per heavy atom. The van der Waals surface area contributed by atoms with Crippen molar-refractivity contribution in [1.82, 2.24) is 9.29 Å². The smallest absolute Gasteiger partial charge is 0.242 e. The van der Waals surface area contributed by atoms with Crippen LogP contribution in [0.4, 0.5) is 0 Å². The van der Waals surface area contributed by atoms with Crippen molar-refractivity contribution in [1.29, 1.82) is 0 Å². The van der Waals surface area contributed by atoms with E-state index in [1.165, 1.54) is 0 Å². The molecule has 0 amide bonds. The van der Waals surface area contributed by atoms with Crippen molar-refractivity contribution in [2.45, 2.75) is 38.4 Å². The molecule has 0 saturated carbocycles. The average Bonchev–Trinajstić information content (AvgIpc) is 2.91. The Morgan fingerprint density at radius 3 is 2.43 bits per heavy atom. The lowest BCUT2D eigenvalue weighted by atomic mass is 10.2. The number of rotatable bonds is 6. The second-order valence-corrected chi connectivity index (χ2v) is 6.73. The topological polar surface area (TPSA) is 77.1 Å². The summed E-state index contributed by atoms with van der Waals surface area (Å²) in [6.45, 7) is 5.24. The minimum absolute atomic E-state index is 0.261. The first-order valence-corrected chi connectivity index (χ1v) is 8.39. The van der Waals surface area contributed by atoms with Crippen LogP contribution in [0.25, 0.3) is 0 Å². The van der Waals surface area contributed by atoms with E-state index in [0.717, 1.165) is 16.8 Å². The lowest BCUT2D eigenvalue weighted by Gasteiger charge is -2.05.